The summed E-state index contributed by atoms with van der Waals surface area (Å²) in [5.41, 5.74) is 0. The number of carbonyl (C=O) groups excluding carboxylic acids is 2. The molecular formula is C16H21N3O6. The summed E-state index contributed by atoms with van der Waals surface area (Å²) in [5, 5.41) is 9.14. The fourth-order valence-electron chi connectivity index (χ4n) is 2.54. The lowest BCUT2D eigenvalue weighted by Crippen LogP contribution is -2.43. The van der Waals surface area contributed by atoms with Crippen molar-refractivity contribution in [3.8, 4) is 0 Å². The van der Waals surface area contributed by atoms with Gasteiger partial charge in [0.15, 0.2) is 0 Å². The van der Waals surface area contributed by atoms with Gasteiger partial charge in [-0.15, -0.1) is 0 Å². The molecule has 1 saturated heterocycles. The van der Waals surface area contributed by atoms with Crippen molar-refractivity contribution in [3.05, 3.63) is 24.3 Å². The summed E-state index contributed by atoms with van der Waals surface area (Å²) >= 11 is 0. The van der Waals surface area contributed by atoms with Crippen molar-refractivity contribution < 1.29 is 29.0 Å². The number of nitrogens with zero attached hydrogens (tertiary/aromatic N) is 3. The highest BCUT2D eigenvalue weighted by atomic mass is 16.6. The molecule has 9 nitrogen and oxygen atoms in total. The maximum atomic E-state index is 12.4. The zero-order valence-corrected chi connectivity index (χ0v) is 14.1. The van der Waals surface area contributed by atoms with E-state index in [1.165, 1.54) is 12.4 Å². The number of carbonyl (C=O) groups is 3. The molecule has 9 heteroatoms. The highest BCUT2D eigenvalue weighted by Crippen LogP contribution is 2.20. The van der Waals surface area contributed by atoms with Gasteiger partial charge < -0.3 is 14.6 Å². The van der Waals surface area contributed by atoms with Crippen LogP contribution >= 0.6 is 0 Å². The van der Waals surface area contributed by atoms with Gasteiger partial charge in [-0.25, -0.2) is 24.4 Å². The van der Waals surface area contributed by atoms with E-state index >= 15 is 0 Å². The molecule has 1 aliphatic heterocycles. The van der Waals surface area contributed by atoms with Crippen molar-refractivity contribution in [2.45, 2.75) is 51.4 Å². The monoisotopic (exact) mass is 351 g/mol. The molecule has 0 bridgehead atoms. The van der Waals surface area contributed by atoms with Crippen LogP contribution in [0.4, 0.5) is 4.79 Å². The Hall–Kier alpha value is -2.71. The molecule has 0 aromatic carbocycles. The normalized spacial score (nSPS) is 18.0. The number of ether oxygens (including phenoxy) is 2. The summed E-state index contributed by atoms with van der Waals surface area (Å²) in [4.78, 5) is 44.8. The number of hydrogen-bond acceptors (Lipinski definition) is 7. The highest BCUT2D eigenvalue weighted by Gasteiger charge is 2.38. The van der Waals surface area contributed by atoms with Crippen molar-refractivity contribution >= 4 is 18.0 Å². The summed E-state index contributed by atoms with van der Waals surface area (Å²) in [5.74, 6) is -1.15. The summed E-state index contributed by atoms with van der Waals surface area (Å²) in [6.07, 6.45) is 1.11. The van der Waals surface area contributed by atoms with E-state index in [0.29, 0.717) is 18.7 Å². The van der Waals surface area contributed by atoms with Crippen LogP contribution in [0.5, 0.6) is 0 Å². The summed E-state index contributed by atoms with van der Waals surface area (Å²) in [6.45, 7) is 3.62. The number of aromatic nitrogens is 2. The van der Waals surface area contributed by atoms with E-state index in [4.69, 9.17) is 14.6 Å². The van der Waals surface area contributed by atoms with E-state index in [2.05, 4.69) is 9.97 Å². The van der Waals surface area contributed by atoms with Crippen LogP contribution in [0.3, 0.4) is 0 Å². The number of amides is 1. The molecule has 1 N–H and O–H groups in total. The molecule has 2 atom stereocenters. The highest BCUT2D eigenvalue weighted by molar-refractivity contribution is 5.84. The molecular weight excluding hydrogens is 330 g/mol. The van der Waals surface area contributed by atoms with E-state index in [9.17, 15) is 14.4 Å². The summed E-state index contributed by atoms with van der Waals surface area (Å²) in [7, 11) is 0. The predicted molar refractivity (Wildman–Crippen MR) is 84.6 cm³/mol. The Morgan fingerprint density at radius 1 is 1.28 bits per heavy atom. The lowest BCUT2D eigenvalue weighted by Gasteiger charge is -2.23. The van der Waals surface area contributed by atoms with Gasteiger partial charge in [-0.05, 0) is 32.8 Å². The van der Waals surface area contributed by atoms with Gasteiger partial charge in [-0.3, -0.25) is 4.90 Å². The van der Waals surface area contributed by atoms with Crippen LogP contribution in [0.2, 0.25) is 0 Å². The SMILES string of the molecule is CC(C)OC(=O)C(Cc1ncccn1)OC(=O)[C@@H]1CCCN1C(=O)O. The fourth-order valence-corrected chi connectivity index (χ4v) is 2.54. The molecule has 1 aromatic heterocycles. The van der Waals surface area contributed by atoms with Crippen LogP contribution in [0.25, 0.3) is 0 Å². The first-order chi connectivity index (χ1) is 11.9. The first-order valence-electron chi connectivity index (χ1n) is 8.05. The molecule has 2 rings (SSSR count). The number of hydrogen-bond donors (Lipinski definition) is 1. The van der Waals surface area contributed by atoms with Crippen molar-refractivity contribution in [1.29, 1.82) is 0 Å². The van der Waals surface area contributed by atoms with E-state index in [0.717, 1.165) is 4.90 Å². The summed E-state index contributed by atoms with van der Waals surface area (Å²) < 4.78 is 10.4. The molecule has 0 aliphatic carbocycles. The Morgan fingerprint density at radius 3 is 2.56 bits per heavy atom. The molecule has 25 heavy (non-hydrogen) atoms. The van der Waals surface area contributed by atoms with Crippen LogP contribution in [-0.2, 0) is 25.5 Å². The second-order valence-electron chi connectivity index (χ2n) is 5.91. The van der Waals surface area contributed by atoms with Crippen molar-refractivity contribution in [3.63, 3.8) is 0 Å². The lowest BCUT2D eigenvalue weighted by molar-refractivity contribution is -0.172. The van der Waals surface area contributed by atoms with Crippen molar-refractivity contribution in [1.82, 2.24) is 14.9 Å². The Balaban J connectivity index is 2.10. The molecule has 1 aliphatic rings. The first kappa shape index (κ1) is 18.6. The Morgan fingerprint density at radius 2 is 1.96 bits per heavy atom. The maximum absolute atomic E-state index is 12.4. The third-order valence-electron chi connectivity index (χ3n) is 3.63. The molecule has 1 aromatic rings. The standard InChI is InChI=1S/C16H21N3O6/c1-10(2)24-15(21)12(9-13-17-6-4-7-18-13)25-14(20)11-5-3-8-19(11)16(22)23/h4,6-7,10-12H,3,5,8-9H2,1-2H3,(H,22,23)/t11-,12?/m0/s1. The van der Waals surface area contributed by atoms with Gasteiger partial charge in [-0.2, -0.15) is 0 Å². The van der Waals surface area contributed by atoms with E-state index in [-0.39, 0.29) is 19.1 Å². The van der Waals surface area contributed by atoms with Gasteiger partial charge in [0, 0.05) is 18.9 Å². The minimum Gasteiger partial charge on any atom is -0.465 e. The number of esters is 2. The second-order valence-corrected chi connectivity index (χ2v) is 5.91. The minimum atomic E-state index is -1.23. The van der Waals surface area contributed by atoms with Gasteiger partial charge in [0.25, 0.3) is 0 Å². The predicted octanol–water partition coefficient (Wildman–Crippen LogP) is 1.02. The van der Waals surface area contributed by atoms with E-state index < -0.39 is 30.2 Å². The van der Waals surface area contributed by atoms with Crippen LogP contribution in [0, 0.1) is 0 Å². The summed E-state index contributed by atoms with van der Waals surface area (Å²) in [6, 6.07) is 0.712. The third-order valence-corrected chi connectivity index (χ3v) is 3.63. The molecule has 0 radical (unpaired) electrons. The zero-order chi connectivity index (χ0) is 18.4. The smallest absolute Gasteiger partial charge is 0.408 e. The van der Waals surface area contributed by atoms with Crippen LogP contribution in [0.1, 0.15) is 32.5 Å². The molecule has 1 amide bonds. The van der Waals surface area contributed by atoms with Crippen LogP contribution in [-0.4, -0.2) is 62.8 Å². The third kappa shape index (κ3) is 5.13. The Bertz CT molecular complexity index is 622. The first-order valence-corrected chi connectivity index (χ1v) is 8.05. The molecule has 0 saturated carbocycles. The largest absolute Gasteiger partial charge is 0.465 e. The molecule has 136 valence electrons. The second kappa shape index (κ2) is 8.41. The topological polar surface area (TPSA) is 119 Å². The number of rotatable bonds is 6. The van der Waals surface area contributed by atoms with Gasteiger partial charge in [0.1, 0.15) is 11.9 Å². The molecule has 2 heterocycles. The Kier molecular flexibility index (Phi) is 6.26. The van der Waals surface area contributed by atoms with Crippen molar-refractivity contribution in [2.75, 3.05) is 6.54 Å². The quantitative estimate of drug-likeness (QED) is 0.755. The van der Waals surface area contributed by atoms with Crippen LogP contribution in [0.15, 0.2) is 18.5 Å². The molecule has 0 spiro atoms. The van der Waals surface area contributed by atoms with Gasteiger partial charge in [0.2, 0.25) is 6.10 Å². The lowest BCUT2D eigenvalue weighted by atomic mass is 10.2. The van der Waals surface area contributed by atoms with Crippen molar-refractivity contribution in [2.24, 2.45) is 0 Å². The number of likely N-dealkylation sites (tertiary alicyclic amines) is 1. The number of carboxylic acid groups (broad SMARTS) is 1. The minimum absolute atomic E-state index is 0.0437. The zero-order valence-electron chi connectivity index (χ0n) is 14.1. The fraction of sp³-hybridized carbons (Fsp3) is 0.562. The van der Waals surface area contributed by atoms with Gasteiger partial charge >= 0.3 is 18.0 Å². The van der Waals surface area contributed by atoms with E-state index in [1.807, 2.05) is 0 Å². The van der Waals surface area contributed by atoms with Gasteiger partial charge in [0.05, 0.1) is 12.5 Å². The van der Waals surface area contributed by atoms with E-state index in [1.54, 1.807) is 19.9 Å². The van der Waals surface area contributed by atoms with Gasteiger partial charge in [-0.1, -0.05) is 0 Å². The maximum Gasteiger partial charge on any atom is 0.408 e. The molecule has 1 fully saturated rings. The average Bonchev–Trinajstić information content (AvgIpc) is 3.04. The Labute approximate surface area is 145 Å². The van der Waals surface area contributed by atoms with Crippen LogP contribution < -0.4 is 0 Å². The average molecular weight is 351 g/mol. The molecule has 1 unspecified atom stereocenters.